The lowest BCUT2D eigenvalue weighted by atomic mass is 9.78. The fourth-order valence-corrected chi connectivity index (χ4v) is 2.26. The number of alkyl carbamates (subject to hydrolysis) is 1. The smallest absolute Gasteiger partial charge is 0.407 e. The number of ether oxygens (including phenoxy) is 1. The summed E-state index contributed by atoms with van der Waals surface area (Å²) in [6.07, 6.45) is 2.78. The van der Waals surface area contributed by atoms with Crippen LogP contribution in [-0.4, -0.2) is 18.7 Å². The molecule has 0 heterocycles. The van der Waals surface area contributed by atoms with Crippen LogP contribution in [0.2, 0.25) is 0 Å². The number of hydrogen-bond acceptors (Lipinski definition) is 3. The maximum absolute atomic E-state index is 11.5. The van der Waals surface area contributed by atoms with Crippen molar-refractivity contribution in [2.24, 2.45) is 11.7 Å². The predicted molar refractivity (Wildman–Crippen MR) is 69.9 cm³/mol. The second kappa shape index (κ2) is 6.40. The van der Waals surface area contributed by atoms with Crippen LogP contribution in [-0.2, 0) is 11.3 Å². The highest BCUT2D eigenvalue weighted by Gasteiger charge is 2.29. The Bertz CT molecular complexity index is 375. The van der Waals surface area contributed by atoms with Crippen molar-refractivity contribution in [2.75, 3.05) is 6.54 Å². The Balaban J connectivity index is 1.62. The van der Waals surface area contributed by atoms with Crippen LogP contribution in [0.5, 0.6) is 0 Å². The number of nitrogens with two attached hydrogens (primary N) is 1. The Morgan fingerprint density at radius 1 is 1.33 bits per heavy atom. The minimum Gasteiger partial charge on any atom is -0.445 e. The van der Waals surface area contributed by atoms with Crippen LogP contribution in [0.15, 0.2) is 30.3 Å². The molecular weight excluding hydrogens is 228 g/mol. The summed E-state index contributed by atoms with van der Waals surface area (Å²) in [7, 11) is 0. The van der Waals surface area contributed by atoms with Gasteiger partial charge in [0.25, 0.3) is 0 Å². The Morgan fingerprint density at radius 3 is 2.72 bits per heavy atom. The number of rotatable bonds is 5. The first kappa shape index (κ1) is 12.9. The Kier molecular flexibility index (Phi) is 4.59. The van der Waals surface area contributed by atoms with Gasteiger partial charge in [-0.2, -0.15) is 0 Å². The summed E-state index contributed by atoms with van der Waals surface area (Å²) in [5, 5.41) is 2.87. The molecule has 1 aromatic rings. The molecule has 0 spiro atoms. The summed E-state index contributed by atoms with van der Waals surface area (Å²) in [5.41, 5.74) is 6.49. The quantitative estimate of drug-likeness (QED) is 0.838. The zero-order chi connectivity index (χ0) is 12.8. The van der Waals surface area contributed by atoms with Gasteiger partial charge in [0.05, 0.1) is 0 Å². The van der Waals surface area contributed by atoms with Crippen molar-refractivity contribution >= 4 is 6.09 Å². The van der Waals surface area contributed by atoms with E-state index in [0.29, 0.717) is 12.5 Å². The molecule has 0 aromatic heterocycles. The van der Waals surface area contributed by atoms with E-state index in [1.54, 1.807) is 0 Å². The summed E-state index contributed by atoms with van der Waals surface area (Å²) in [6.45, 7) is 1.06. The minimum absolute atomic E-state index is 0.268. The molecule has 0 bridgehead atoms. The highest BCUT2D eigenvalue weighted by molar-refractivity contribution is 5.67. The van der Waals surface area contributed by atoms with Crippen LogP contribution in [0.25, 0.3) is 0 Å². The van der Waals surface area contributed by atoms with Crippen molar-refractivity contribution in [3.05, 3.63) is 35.9 Å². The van der Waals surface area contributed by atoms with E-state index in [0.717, 1.165) is 31.4 Å². The zero-order valence-corrected chi connectivity index (χ0v) is 10.5. The predicted octanol–water partition coefficient (Wildman–Crippen LogP) is 2.04. The molecular formula is C14H20N2O2. The van der Waals surface area contributed by atoms with Crippen molar-refractivity contribution in [3.63, 3.8) is 0 Å². The summed E-state index contributed by atoms with van der Waals surface area (Å²) >= 11 is 0. The molecule has 4 nitrogen and oxygen atoms in total. The van der Waals surface area contributed by atoms with Gasteiger partial charge in [0.1, 0.15) is 6.61 Å². The van der Waals surface area contributed by atoms with Gasteiger partial charge in [-0.3, -0.25) is 0 Å². The number of benzene rings is 1. The van der Waals surface area contributed by atoms with Gasteiger partial charge in [-0.1, -0.05) is 30.3 Å². The van der Waals surface area contributed by atoms with Gasteiger partial charge in [0, 0.05) is 6.04 Å². The van der Waals surface area contributed by atoms with E-state index in [-0.39, 0.29) is 12.1 Å². The van der Waals surface area contributed by atoms with E-state index in [4.69, 9.17) is 10.5 Å². The third-order valence-electron chi connectivity index (χ3n) is 3.35. The Hall–Kier alpha value is -1.55. The van der Waals surface area contributed by atoms with Gasteiger partial charge in [-0.25, -0.2) is 4.79 Å². The monoisotopic (exact) mass is 248 g/mol. The molecule has 1 fully saturated rings. The molecule has 1 saturated carbocycles. The first-order valence-corrected chi connectivity index (χ1v) is 6.45. The minimum atomic E-state index is -0.324. The topological polar surface area (TPSA) is 64.3 Å². The second-order valence-corrected chi connectivity index (χ2v) is 4.82. The van der Waals surface area contributed by atoms with Gasteiger partial charge in [0.15, 0.2) is 0 Å². The summed E-state index contributed by atoms with van der Waals surface area (Å²) in [5.74, 6) is 0.675. The molecule has 0 saturated heterocycles. The summed E-state index contributed by atoms with van der Waals surface area (Å²) in [6, 6.07) is 9.95. The molecule has 1 aliphatic carbocycles. The van der Waals surface area contributed by atoms with Crippen LogP contribution >= 0.6 is 0 Å². The third kappa shape index (κ3) is 3.74. The van der Waals surface area contributed by atoms with Gasteiger partial charge in [-0.05, 0) is 37.3 Å². The fraction of sp³-hybridized carbons (Fsp3) is 0.500. The van der Waals surface area contributed by atoms with E-state index in [1.165, 1.54) is 0 Å². The van der Waals surface area contributed by atoms with Crippen LogP contribution in [0.3, 0.4) is 0 Å². The van der Waals surface area contributed by atoms with Crippen LogP contribution in [0.1, 0.15) is 24.8 Å². The maximum atomic E-state index is 11.5. The van der Waals surface area contributed by atoms with E-state index in [1.807, 2.05) is 30.3 Å². The van der Waals surface area contributed by atoms with E-state index < -0.39 is 0 Å². The normalized spacial score (nSPS) is 22.1. The Morgan fingerprint density at radius 2 is 2.06 bits per heavy atom. The average Bonchev–Trinajstić information content (AvgIpc) is 2.35. The average molecular weight is 248 g/mol. The number of amides is 1. The molecule has 0 radical (unpaired) electrons. The highest BCUT2D eigenvalue weighted by Crippen LogP contribution is 2.29. The molecule has 1 aromatic carbocycles. The second-order valence-electron chi connectivity index (χ2n) is 4.82. The van der Waals surface area contributed by atoms with E-state index in [2.05, 4.69) is 5.32 Å². The molecule has 0 aliphatic heterocycles. The standard InChI is InChI=1S/C14H20N2O2/c15-7-6-12-8-13(9-12)16-14(17)18-10-11-4-2-1-3-5-11/h1-5,12-13H,6-10,15H2,(H,16,17). The Labute approximate surface area is 108 Å². The third-order valence-corrected chi connectivity index (χ3v) is 3.35. The first-order valence-electron chi connectivity index (χ1n) is 6.45. The molecule has 4 heteroatoms. The van der Waals surface area contributed by atoms with Gasteiger partial charge in [0.2, 0.25) is 0 Å². The van der Waals surface area contributed by atoms with Crippen molar-refractivity contribution < 1.29 is 9.53 Å². The van der Waals surface area contributed by atoms with Crippen molar-refractivity contribution in [3.8, 4) is 0 Å². The van der Waals surface area contributed by atoms with E-state index in [9.17, 15) is 4.79 Å². The first-order chi connectivity index (χ1) is 8.78. The van der Waals surface area contributed by atoms with E-state index >= 15 is 0 Å². The van der Waals surface area contributed by atoms with Crippen molar-refractivity contribution in [1.82, 2.24) is 5.32 Å². The summed E-state index contributed by atoms with van der Waals surface area (Å²) in [4.78, 5) is 11.5. The fourth-order valence-electron chi connectivity index (χ4n) is 2.26. The number of carbonyl (C=O) groups is 1. The lowest BCUT2D eigenvalue weighted by Gasteiger charge is -2.35. The van der Waals surface area contributed by atoms with Crippen LogP contribution < -0.4 is 11.1 Å². The van der Waals surface area contributed by atoms with Gasteiger partial charge < -0.3 is 15.8 Å². The van der Waals surface area contributed by atoms with Gasteiger partial charge >= 0.3 is 6.09 Å². The highest BCUT2D eigenvalue weighted by atomic mass is 16.5. The number of carbonyl (C=O) groups excluding carboxylic acids is 1. The number of hydrogen-bond donors (Lipinski definition) is 2. The lowest BCUT2D eigenvalue weighted by molar-refractivity contribution is 0.121. The number of nitrogens with one attached hydrogen (secondary N) is 1. The lowest BCUT2D eigenvalue weighted by Crippen LogP contribution is -2.44. The molecule has 2 rings (SSSR count). The summed E-state index contributed by atoms with van der Waals surface area (Å²) < 4.78 is 5.15. The molecule has 1 aliphatic rings. The molecule has 98 valence electrons. The SMILES string of the molecule is NCCC1CC(NC(=O)OCc2ccccc2)C1. The van der Waals surface area contributed by atoms with Crippen molar-refractivity contribution in [2.45, 2.75) is 31.9 Å². The van der Waals surface area contributed by atoms with Crippen LogP contribution in [0, 0.1) is 5.92 Å². The van der Waals surface area contributed by atoms with Crippen molar-refractivity contribution in [1.29, 1.82) is 0 Å². The largest absolute Gasteiger partial charge is 0.445 e. The van der Waals surface area contributed by atoms with Gasteiger partial charge in [-0.15, -0.1) is 0 Å². The maximum Gasteiger partial charge on any atom is 0.407 e. The van der Waals surface area contributed by atoms with Crippen LogP contribution in [0.4, 0.5) is 4.79 Å². The zero-order valence-electron chi connectivity index (χ0n) is 10.5. The molecule has 3 N–H and O–H groups in total. The molecule has 18 heavy (non-hydrogen) atoms. The molecule has 0 atom stereocenters. The molecule has 1 amide bonds. The molecule has 0 unspecified atom stereocenters.